The van der Waals surface area contributed by atoms with Crippen molar-refractivity contribution >= 4 is 16.9 Å². The van der Waals surface area contributed by atoms with Crippen LogP contribution in [0.15, 0.2) is 30.2 Å². The lowest BCUT2D eigenvalue weighted by Crippen LogP contribution is -1.95. The maximum Gasteiger partial charge on any atom is 0.223 e. The SMILES string of the molecule is C=CSC(=O)c1ccc(C)cc1C. The third-order valence-electron chi connectivity index (χ3n) is 1.79. The molecule has 0 aliphatic rings. The van der Waals surface area contributed by atoms with E-state index < -0.39 is 0 Å². The number of hydrogen-bond donors (Lipinski definition) is 0. The standard InChI is InChI=1S/C11H12OS/c1-4-13-11(12)10-6-5-8(2)7-9(10)3/h4-7H,1H2,2-3H3. The van der Waals surface area contributed by atoms with E-state index in [9.17, 15) is 4.79 Å². The van der Waals surface area contributed by atoms with Crippen molar-refractivity contribution in [1.29, 1.82) is 0 Å². The molecule has 0 bridgehead atoms. The van der Waals surface area contributed by atoms with Crippen LogP contribution in [0.5, 0.6) is 0 Å². The third kappa shape index (κ3) is 2.46. The predicted molar refractivity (Wildman–Crippen MR) is 58.0 cm³/mol. The zero-order valence-electron chi connectivity index (χ0n) is 7.83. The molecule has 68 valence electrons. The quantitative estimate of drug-likeness (QED) is 0.715. The molecule has 0 spiro atoms. The first-order valence-electron chi connectivity index (χ1n) is 4.04. The highest BCUT2D eigenvalue weighted by Crippen LogP contribution is 2.17. The maximum absolute atomic E-state index is 11.5. The summed E-state index contributed by atoms with van der Waals surface area (Å²) < 4.78 is 0. The molecule has 0 aliphatic heterocycles. The average Bonchev–Trinajstić information content (AvgIpc) is 2.04. The first-order chi connectivity index (χ1) is 6.15. The van der Waals surface area contributed by atoms with Crippen molar-refractivity contribution in [3.63, 3.8) is 0 Å². The summed E-state index contributed by atoms with van der Waals surface area (Å²) in [6.45, 7) is 7.48. The van der Waals surface area contributed by atoms with E-state index in [2.05, 4.69) is 6.58 Å². The lowest BCUT2D eigenvalue weighted by Gasteiger charge is -2.03. The van der Waals surface area contributed by atoms with Crippen LogP contribution < -0.4 is 0 Å². The number of hydrogen-bond acceptors (Lipinski definition) is 2. The molecule has 0 radical (unpaired) electrons. The summed E-state index contributed by atoms with van der Waals surface area (Å²) in [5.74, 6) is 0. The number of carbonyl (C=O) groups excluding carboxylic acids is 1. The number of benzene rings is 1. The molecule has 0 N–H and O–H groups in total. The van der Waals surface area contributed by atoms with Crippen LogP contribution in [0.25, 0.3) is 0 Å². The van der Waals surface area contributed by atoms with Crippen LogP contribution in [0.1, 0.15) is 21.5 Å². The summed E-state index contributed by atoms with van der Waals surface area (Å²) in [5, 5.41) is 1.62. The van der Waals surface area contributed by atoms with Crippen LogP contribution in [0.3, 0.4) is 0 Å². The monoisotopic (exact) mass is 192 g/mol. The Labute approximate surface area is 82.9 Å². The molecule has 0 amide bonds. The molecular weight excluding hydrogens is 180 g/mol. The zero-order chi connectivity index (χ0) is 9.84. The lowest BCUT2D eigenvalue weighted by atomic mass is 10.1. The Kier molecular flexibility index (Phi) is 3.32. The summed E-state index contributed by atoms with van der Waals surface area (Å²) in [4.78, 5) is 11.5. The van der Waals surface area contributed by atoms with Gasteiger partial charge in [-0.3, -0.25) is 4.79 Å². The lowest BCUT2D eigenvalue weighted by molar-refractivity contribution is 0.108. The van der Waals surface area contributed by atoms with Crippen molar-refractivity contribution in [3.8, 4) is 0 Å². The summed E-state index contributed by atoms with van der Waals surface area (Å²) in [6, 6.07) is 5.82. The fourth-order valence-corrected chi connectivity index (χ4v) is 1.69. The summed E-state index contributed by atoms with van der Waals surface area (Å²) in [7, 11) is 0. The molecule has 1 aromatic rings. The van der Waals surface area contributed by atoms with Gasteiger partial charge in [0.1, 0.15) is 0 Å². The van der Waals surface area contributed by atoms with Gasteiger partial charge in [0, 0.05) is 5.56 Å². The zero-order valence-corrected chi connectivity index (χ0v) is 8.65. The molecule has 0 aromatic heterocycles. The van der Waals surface area contributed by atoms with Gasteiger partial charge in [-0.05, 0) is 30.9 Å². The largest absolute Gasteiger partial charge is 0.281 e. The fourth-order valence-electron chi connectivity index (χ4n) is 1.18. The van der Waals surface area contributed by atoms with Crippen molar-refractivity contribution in [2.75, 3.05) is 0 Å². The Bertz CT molecular complexity index is 342. The van der Waals surface area contributed by atoms with Crippen molar-refractivity contribution in [2.45, 2.75) is 13.8 Å². The normalized spacial score (nSPS) is 9.69. The molecule has 2 heteroatoms. The molecule has 1 nitrogen and oxygen atoms in total. The molecule has 0 saturated heterocycles. The van der Waals surface area contributed by atoms with Crippen molar-refractivity contribution in [1.82, 2.24) is 0 Å². The third-order valence-corrected chi connectivity index (χ3v) is 2.39. The van der Waals surface area contributed by atoms with E-state index in [4.69, 9.17) is 0 Å². The molecule has 0 saturated carbocycles. The van der Waals surface area contributed by atoms with Gasteiger partial charge in [0.05, 0.1) is 0 Å². The molecular formula is C11H12OS. The summed E-state index contributed by atoms with van der Waals surface area (Å²) in [5.41, 5.74) is 2.98. The van der Waals surface area contributed by atoms with Gasteiger partial charge in [0.2, 0.25) is 5.12 Å². The van der Waals surface area contributed by atoms with Gasteiger partial charge < -0.3 is 0 Å². The van der Waals surface area contributed by atoms with Gasteiger partial charge in [-0.25, -0.2) is 0 Å². The molecule has 0 unspecified atom stereocenters. The van der Waals surface area contributed by atoms with Gasteiger partial charge in [0.25, 0.3) is 0 Å². The Morgan fingerprint density at radius 2 is 2.15 bits per heavy atom. The van der Waals surface area contributed by atoms with E-state index in [1.807, 2.05) is 32.0 Å². The fraction of sp³-hybridized carbons (Fsp3) is 0.182. The molecule has 1 rings (SSSR count). The van der Waals surface area contributed by atoms with Gasteiger partial charge in [-0.2, -0.15) is 0 Å². The van der Waals surface area contributed by atoms with Gasteiger partial charge in [-0.15, -0.1) is 0 Å². The summed E-state index contributed by atoms with van der Waals surface area (Å²) >= 11 is 1.13. The van der Waals surface area contributed by atoms with Gasteiger partial charge in [-0.1, -0.05) is 36.0 Å². The Hall–Kier alpha value is -1.02. The average molecular weight is 192 g/mol. The van der Waals surface area contributed by atoms with E-state index >= 15 is 0 Å². The van der Waals surface area contributed by atoms with Crippen molar-refractivity contribution in [2.24, 2.45) is 0 Å². The second-order valence-corrected chi connectivity index (χ2v) is 3.83. The summed E-state index contributed by atoms with van der Waals surface area (Å²) in [6.07, 6.45) is 0. The predicted octanol–water partition coefficient (Wildman–Crippen LogP) is 3.32. The highest BCUT2D eigenvalue weighted by molar-refractivity contribution is 8.16. The Morgan fingerprint density at radius 1 is 1.46 bits per heavy atom. The molecule has 0 fully saturated rings. The number of aryl methyl sites for hydroxylation is 2. The van der Waals surface area contributed by atoms with Crippen LogP contribution in [0.2, 0.25) is 0 Å². The van der Waals surface area contributed by atoms with Crippen molar-refractivity contribution in [3.05, 3.63) is 46.9 Å². The van der Waals surface area contributed by atoms with E-state index in [1.165, 1.54) is 5.56 Å². The van der Waals surface area contributed by atoms with Crippen molar-refractivity contribution < 1.29 is 4.79 Å². The van der Waals surface area contributed by atoms with Crippen LogP contribution in [0.4, 0.5) is 0 Å². The van der Waals surface area contributed by atoms with Crippen LogP contribution >= 0.6 is 11.8 Å². The number of thioether (sulfide) groups is 1. The molecule has 0 aliphatic carbocycles. The molecule has 1 aromatic carbocycles. The van der Waals surface area contributed by atoms with E-state index in [0.29, 0.717) is 0 Å². The first kappa shape index (κ1) is 10.1. The van der Waals surface area contributed by atoms with Gasteiger partial charge in [0.15, 0.2) is 0 Å². The number of carbonyl (C=O) groups is 1. The Balaban J connectivity index is 3.01. The van der Waals surface area contributed by atoms with Crippen LogP contribution in [-0.4, -0.2) is 5.12 Å². The first-order valence-corrected chi connectivity index (χ1v) is 4.92. The maximum atomic E-state index is 11.5. The molecule has 0 heterocycles. The topological polar surface area (TPSA) is 17.1 Å². The van der Waals surface area contributed by atoms with Gasteiger partial charge >= 0.3 is 0 Å². The Morgan fingerprint density at radius 3 is 2.69 bits per heavy atom. The molecule has 0 atom stereocenters. The minimum absolute atomic E-state index is 0.0625. The minimum Gasteiger partial charge on any atom is -0.281 e. The molecule has 13 heavy (non-hydrogen) atoms. The minimum atomic E-state index is 0.0625. The van der Waals surface area contributed by atoms with E-state index in [1.54, 1.807) is 5.41 Å². The second-order valence-electron chi connectivity index (χ2n) is 2.89. The van der Waals surface area contributed by atoms with E-state index in [0.717, 1.165) is 22.9 Å². The highest BCUT2D eigenvalue weighted by atomic mass is 32.2. The van der Waals surface area contributed by atoms with Crippen LogP contribution in [0, 0.1) is 13.8 Å². The highest BCUT2D eigenvalue weighted by Gasteiger charge is 2.07. The second kappa shape index (κ2) is 4.28. The van der Waals surface area contributed by atoms with Crippen LogP contribution in [-0.2, 0) is 0 Å². The number of rotatable bonds is 2. The smallest absolute Gasteiger partial charge is 0.223 e. The van der Waals surface area contributed by atoms with E-state index in [-0.39, 0.29) is 5.12 Å².